The molecule has 0 aliphatic heterocycles. The average Bonchev–Trinajstić information content (AvgIpc) is 3.27. The Morgan fingerprint density at radius 1 is 1.03 bits per heavy atom. The molecule has 0 aliphatic rings. The second kappa shape index (κ2) is 11.2. The number of nitrogens with zero attached hydrogens (tertiary/aromatic N) is 3. The number of carbonyl (C=O) groups is 1. The van der Waals surface area contributed by atoms with E-state index in [0.717, 1.165) is 38.0 Å². The number of likely N-dealkylation sites (N-methyl/N-ethyl adjacent to an activating group) is 1. The highest BCUT2D eigenvalue weighted by Crippen LogP contribution is 2.23. The van der Waals surface area contributed by atoms with Gasteiger partial charge in [0.05, 0.1) is 21.6 Å². The maximum atomic E-state index is 13.5. The summed E-state index contributed by atoms with van der Waals surface area (Å²) >= 11 is 0. The number of aryl methyl sites for hydroxylation is 1. The van der Waals surface area contributed by atoms with Gasteiger partial charge in [-0.2, -0.15) is 4.31 Å². The van der Waals surface area contributed by atoms with Gasteiger partial charge in [-0.05, 0) is 48.6 Å². The minimum Gasteiger partial charge on any atom is -0.460 e. The van der Waals surface area contributed by atoms with Crippen molar-refractivity contribution in [2.75, 3.05) is 7.05 Å². The summed E-state index contributed by atoms with van der Waals surface area (Å²) in [6.45, 7) is 5.88. The van der Waals surface area contributed by atoms with E-state index >= 15 is 0 Å². The van der Waals surface area contributed by atoms with Crippen LogP contribution in [-0.2, 0) is 32.6 Å². The Bertz CT molecular complexity index is 1470. The number of hydrogen-bond donors (Lipinski definition) is 1. The Hall–Kier alpha value is -3.56. The fraction of sp³-hybridized carbons (Fsp3) is 0.321. The van der Waals surface area contributed by atoms with Crippen molar-refractivity contribution in [1.29, 1.82) is 0 Å². The molecule has 0 spiro atoms. The number of aromatic amines is 1. The van der Waals surface area contributed by atoms with Gasteiger partial charge in [-0.15, -0.1) is 0 Å². The predicted octanol–water partition coefficient (Wildman–Crippen LogP) is 4.64. The number of aromatic nitrogens is 3. The van der Waals surface area contributed by atoms with Gasteiger partial charge in [0, 0.05) is 19.7 Å². The van der Waals surface area contributed by atoms with Gasteiger partial charge in [0.2, 0.25) is 10.0 Å². The molecule has 0 saturated heterocycles. The minimum atomic E-state index is -3.93. The molecule has 0 amide bonds. The Kier molecular flexibility index (Phi) is 8.04. The molecule has 1 N–H and O–H groups in total. The van der Waals surface area contributed by atoms with E-state index in [-0.39, 0.29) is 17.4 Å². The van der Waals surface area contributed by atoms with Crippen LogP contribution >= 0.6 is 0 Å². The van der Waals surface area contributed by atoms with Crippen LogP contribution in [0.1, 0.15) is 42.9 Å². The van der Waals surface area contributed by atoms with Gasteiger partial charge < -0.3 is 9.72 Å². The number of esters is 1. The van der Waals surface area contributed by atoms with Crippen molar-refractivity contribution in [1.82, 2.24) is 19.3 Å². The van der Waals surface area contributed by atoms with Gasteiger partial charge in [-0.1, -0.05) is 56.3 Å². The Morgan fingerprint density at radius 3 is 2.41 bits per heavy atom. The van der Waals surface area contributed by atoms with Crippen LogP contribution in [0.3, 0.4) is 0 Å². The number of imidazole rings is 1. The molecule has 9 heteroatoms. The molecule has 0 bridgehead atoms. The first kappa shape index (κ1) is 26.5. The first-order chi connectivity index (χ1) is 17.6. The van der Waals surface area contributed by atoms with E-state index in [0.29, 0.717) is 12.8 Å². The molecule has 4 aromatic rings. The summed E-state index contributed by atoms with van der Waals surface area (Å²) in [5.74, 6) is 0.344. The molecule has 2 aromatic carbocycles. The van der Waals surface area contributed by atoms with Crippen LogP contribution in [0.2, 0.25) is 0 Å². The van der Waals surface area contributed by atoms with Crippen molar-refractivity contribution >= 4 is 27.0 Å². The Balaban J connectivity index is 1.51. The smallest absolute Gasteiger partial charge is 0.324 e. The molecule has 4 rings (SSSR count). The topological polar surface area (TPSA) is 105 Å². The van der Waals surface area contributed by atoms with Gasteiger partial charge >= 0.3 is 5.97 Å². The standard InChI is InChI=1S/C28H32N4O4S/c1-19(2)16-26(28(33)36-18-22-8-6-5-7-9-22)32(4)37(34,35)23-12-10-21(11-13-23)17-25-27-24(14-15-29-25)30-20(3)31-27/h5-15,19,26H,16-18H2,1-4H3,(H,30,31)/t26-/m0/s1. The zero-order valence-corrected chi connectivity index (χ0v) is 22.3. The fourth-order valence-corrected chi connectivity index (χ4v) is 5.54. The number of nitrogens with one attached hydrogen (secondary N) is 1. The van der Waals surface area contributed by atoms with Crippen LogP contribution in [0.15, 0.2) is 71.8 Å². The summed E-state index contributed by atoms with van der Waals surface area (Å²) in [6.07, 6.45) is 2.59. The van der Waals surface area contributed by atoms with Gasteiger partial charge in [0.1, 0.15) is 18.5 Å². The number of sulfonamides is 1. The fourth-order valence-electron chi connectivity index (χ4n) is 4.22. The largest absolute Gasteiger partial charge is 0.460 e. The molecule has 0 unspecified atom stereocenters. The first-order valence-corrected chi connectivity index (χ1v) is 13.7. The third kappa shape index (κ3) is 6.23. The summed E-state index contributed by atoms with van der Waals surface area (Å²) < 4.78 is 33.6. The van der Waals surface area contributed by atoms with E-state index in [9.17, 15) is 13.2 Å². The molecule has 8 nitrogen and oxygen atoms in total. The number of ether oxygens (including phenoxy) is 1. The van der Waals surface area contributed by atoms with Crippen molar-refractivity contribution in [2.24, 2.45) is 5.92 Å². The molecule has 2 aromatic heterocycles. The lowest BCUT2D eigenvalue weighted by Gasteiger charge is -2.27. The molecule has 37 heavy (non-hydrogen) atoms. The number of pyridine rings is 1. The molecule has 1 atom stereocenters. The average molecular weight is 521 g/mol. The summed E-state index contributed by atoms with van der Waals surface area (Å²) in [4.78, 5) is 25.3. The van der Waals surface area contributed by atoms with E-state index in [1.165, 1.54) is 7.05 Å². The summed E-state index contributed by atoms with van der Waals surface area (Å²) in [5.41, 5.74) is 4.32. The van der Waals surface area contributed by atoms with Gasteiger partial charge in [-0.3, -0.25) is 9.78 Å². The number of fused-ring (bicyclic) bond motifs is 1. The first-order valence-electron chi connectivity index (χ1n) is 12.2. The van der Waals surface area contributed by atoms with Gasteiger partial charge in [-0.25, -0.2) is 13.4 Å². The second-order valence-corrected chi connectivity index (χ2v) is 11.6. The molecular formula is C28H32N4O4S. The normalized spacial score (nSPS) is 12.8. The van der Waals surface area contributed by atoms with Crippen molar-refractivity contribution < 1.29 is 17.9 Å². The van der Waals surface area contributed by atoms with Gasteiger partial charge in [0.15, 0.2) is 0 Å². The summed E-state index contributed by atoms with van der Waals surface area (Å²) in [5, 5.41) is 0. The van der Waals surface area contributed by atoms with Crippen LogP contribution in [-0.4, -0.2) is 46.7 Å². The highest BCUT2D eigenvalue weighted by molar-refractivity contribution is 7.89. The van der Waals surface area contributed by atoms with E-state index in [2.05, 4.69) is 15.0 Å². The van der Waals surface area contributed by atoms with Crippen molar-refractivity contribution in [3.63, 3.8) is 0 Å². The monoisotopic (exact) mass is 520 g/mol. The van der Waals surface area contributed by atoms with Crippen LogP contribution in [0.25, 0.3) is 11.0 Å². The van der Waals surface area contributed by atoms with E-state index in [1.807, 2.05) is 57.2 Å². The SMILES string of the molecule is Cc1nc2ccnc(Cc3ccc(S(=O)(=O)N(C)[C@@H](CC(C)C)C(=O)OCc4ccccc4)cc3)c2[nH]1. The number of rotatable bonds is 10. The number of hydrogen-bond acceptors (Lipinski definition) is 6. The lowest BCUT2D eigenvalue weighted by molar-refractivity contribution is -0.149. The van der Waals surface area contributed by atoms with Crippen molar-refractivity contribution in [3.8, 4) is 0 Å². The zero-order chi connectivity index (χ0) is 26.6. The summed E-state index contributed by atoms with van der Waals surface area (Å²) in [7, 11) is -2.50. The second-order valence-electron chi connectivity index (χ2n) is 9.55. The number of carbonyl (C=O) groups excluding carboxylic acids is 1. The molecular weight excluding hydrogens is 488 g/mol. The van der Waals surface area contributed by atoms with Crippen LogP contribution in [0.4, 0.5) is 0 Å². The maximum Gasteiger partial charge on any atom is 0.324 e. The third-order valence-electron chi connectivity index (χ3n) is 6.20. The van der Waals surface area contributed by atoms with E-state index in [1.54, 1.807) is 30.5 Å². The van der Waals surface area contributed by atoms with Crippen molar-refractivity contribution in [3.05, 3.63) is 89.5 Å². The molecule has 0 saturated carbocycles. The molecule has 0 fully saturated rings. The van der Waals surface area contributed by atoms with E-state index < -0.39 is 22.0 Å². The highest BCUT2D eigenvalue weighted by Gasteiger charge is 2.34. The van der Waals surface area contributed by atoms with Crippen molar-refractivity contribution in [2.45, 2.75) is 51.2 Å². The molecule has 194 valence electrons. The summed E-state index contributed by atoms with van der Waals surface area (Å²) in [6, 6.07) is 16.9. The minimum absolute atomic E-state index is 0.0908. The van der Waals surface area contributed by atoms with Gasteiger partial charge in [0.25, 0.3) is 0 Å². The highest BCUT2D eigenvalue weighted by atomic mass is 32.2. The van der Waals surface area contributed by atoms with E-state index in [4.69, 9.17) is 4.74 Å². The lowest BCUT2D eigenvalue weighted by atomic mass is 10.0. The maximum absolute atomic E-state index is 13.5. The Morgan fingerprint density at radius 2 is 1.73 bits per heavy atom. The molecule has 0 radical (unpaired) electrons. The quantitative estimate of drug-likeness (QED) is 0.306. The number of benzene rings is 2. The zero-order valence-electron chi connectivity index (χ0n) is 21.5. The van der Waals surface area contributed by atoms with Crippen LogP contribution in [0.5, 0.6) is 0 Å². The molecule has 0 aliphatic carbocycles. The van der Waals surface area contributed by atoms with Crippen LogP contribution < -0.4 is 0 Å². The third-order valence-corrected chi connectivity index (χ3v) is 8.08. The number of H-pyrrole nitrogens is 1. The predicted molar refractivity (Wildman–Crippen MR) is 142 cm³/mol. The lowest BCUT2D eigenvalue weighted by Crippen LogP contribution is -2.44. The Labute approximate surface area is 217 Å². The molecule has 2 heterocycles. The van der Waals surface area contributed by atoms with Crippen LogP contribution in [0, 0.1) is 12.8 Å².